The van der Waals surface area contributed by atoms with Crippen molar-refractivity contribution in [1.82, 2.24) is 25.7 Å². The standard InChI is InChI=1S/C15H23N5O3/c1-10(21)17-12-6-7-20(9-12)15(22)16-8-13-18-14(23-19-13)11-4-2-3-5-11/h11-12H,2-9H2,1H3,(H,16,22)(H,17,21)/t12-/m0/s1. The molecule has 2 N–H and O–H groups in total. The molecule has 0 spiro atoms. The van der Waals surface area contributed by atoms with Crippen LogP contribution in [0, 0.1) is 0 Å². The van der Waals surface area contributed by atoms with Gasteiger partial charge in [-0.3, -0.25) is 4.79 Å². The van der Waals surface area contributed by atoms with E-state index in [0.29, 0.717) is 30.7 Å². The molecule has 0 unspecified atom stereocenters. The first-order valence-electron chi connectivity index (χ1n) is 8.24. The number of hydrogen-bond acceptors (Lipinski definition) is 5. The monoisotopic (exact) mass is 321 g/mol. The van der Waals surface area contributed by atoms with Crippen LogP contribution in [0.1, 0.15) is 56.7 Å². The number of urea groups is 1. The first-order valence-corrected chi connectivity index (χ1v) is 8.24. The van der Waals surface area contributed by atoms with E-state index in [4.69, 9.17) is 4.52 Å². The van der Waals surface area contributed by atoms with Crippen LogP contribution in [0.15, 0.2) is 4.52 Å². The molecule has 2 fully saturated rings. The predicted molar refractivity (Wildman–Crippen MR) is 81.5 cm³/mol. The number of rotatable bonds is 4. The molecule has 3 rings (SSSR count). The van der Waals surface area contributed by atoms with E-state index in [0.717, 1.165) is 19.3 Å². The Bertz CT molecular complexity index is 567. The van der Waals surface area contributed by atoms with Gasteiger partial charge in [-0.1, -0.05) is 18.0 Å². The van der Waals surface area contributed by atoms with Gasteiger partial charge in [0.15, 0.2) is 5.82 Å². The Morgan fingerprint density at radius 3 is 2.83 bits per heavy atom. The van der Waals surface area contributed by atoms with Gasteiger partial charge in [-0.2, -0.15) is 4.98 Å². The molecule has 1 aromatic heterocycles. The highest BCUT2D eigenvalue weighted by atomic mass is 16.5. The molecule has 0 radical (unpaired) electrons. The van der Waals surface area contributed by atoms with Gasteiger partial charge in [-0.15, -0.1) is 0 Å². The molecule has 8 heteroatoms. The van der Waals surface area contributed by atoms with E-state index in [1.54, 1.807) is 4.90 Å². The van der Waals surface area contributed by atoms with E-state index >= 15 is 0 Å². The fourth-order valence-electron chi connectivity index (χ4n) is 3.29. The zero-order valence-corrected chi connectivity index (χ0v) is 13.4. The van der Waals surface area contributed by atoms with Crippen LogP contribution < -0.4 is 10.6 Å². The van der Waals surface area contributed by atoms with E-state index in [1.165, 1.54) is 19.8 Å². The molecule has 126 valence electrons. The number of nitrogens with zero attached hydrogens (tertiary/aromatic N) is 3. The number of carbonyl (C=O) groups is 2. The number of aromatic nitrogens is 2. The number of hydrogen-bond donors (Lipinski definition) is 2. The lowest BCUT2D eigenvalue weighted by atomic mass is 10.1. The van der Waals surface area contributed by atoms with E-state index in [9.17, 15) is 9.59 Å². The summed E-state index contributed by atoms with van der Waals surface area (Å²) in [7, 11) is 0. The fraction of sp³-hybridized carbons (Fsp3) is 0.733. The average molecular weight is 321 g/mol. The van der Waals surface area contributed by atoms with Crippen LogP contribution in [-0.2, 0) is 11.3 Å². The lowest BCUT2D eigenvalue weighted by Gasteiger charge is -2.16. The highest BCUT2D eigenvalue weighted by Gasteiger charge is 2.27. The summed E-state index contributed by atoms with van der Waals surface area (Å²) in [5, 5.41) is 9.58. The van der Waals surface area contributed by atoms with E-state index in [1.807, 2.05) is 0 Å². The van der Waals surface area contributed by atoms with Gasteiger partial charge in [0.05, 0.1) is 6.54 Å². The van der Waals surface area contributed by atoms with Crippen molar-refractivity contribution in [3.05, 3.63) is 11.7 Å². The zero-order valence-electron chi connectivity index (χ0n) is 13.4. The van der Waals surface area contributed by atoms with Crippen molar-refractivity contribution in [2.45, 2.75) is 57.5 Å². The third-order valence-corrected chi connectivity index (χ3v) is 4.47. The maximum atomic E-state index is 12.1. The van der Waals surface area contributed by atoms with Crippen LogP contribution in [0.25, 0.3) is 0 Å². The van der Waals surface area contributed by atoms with Crippen LogP contribution in [0.4, 0.5) is 4.79 Å². The number of likely N-dealkylation sites (tertiary alicyclic amines) is 1. The molecule has 0 bridgehead atoms. The van der Waals surface area contributed by atoms with E-state index < -0.39 is 0 Å². The van der Waals surface area contributed by atoms with Gasteiger partial charge >= 0.3 is 6.03 Å². The van der Waals surface area contributed by atoms with Crippen LogP contribution in [0.5, 0.6) is 0 Å². The van der Waals surface area contributed by atoms with Gasteiger partial charge in [0, 0.05) is 32.0 Å². The quantitative estimate of drug-likeness (QED) is 0.866. The van der Waals surface area contributed by atoms with Crippen LogP contribution in [0.2, 0.25) is 0 Å². The zero-order chi connectivity index (χ0) is 16.2. The molecular formula is C15H23N5O3. The Hall–Kier alpha value is -2.12. The Kier molecular flexibility index (Phi) is 4.78. The second-order valence-electron chi connectivity index (χ2n) is 6.32. The lowest BCUT2D eigenvalue weighted by molar-refractivity contribution is -0.119. The van der Waals surface area contributed by atoms with Crippen molar-refractivity contribution < 1.29 is 14.1 Å². The summed E-state index contributed by atoms with van der Waals surface area (Å²) in [6.45, 7) is 2.92. The van der Waals surface area contributed by atoms with Crippen molar-refractivity contribution in [3.8, 4) is 0 Å². The predicted octanol–water partition coefficient (Wildman–Crippen LogP) is 1.15. The fourth-order valence-corrected chi connectivity index (χ4v) is 3.29. The minimum Gasteiger partial charge on any atom is -0.352 e. The van der Waals surface area contributed by atoms with Gasteiger partial charge in [0.1, 0.15) is 0 Å². The maximum absolute atomic E-state index is 12.1. The Balaban J connectivity index is 1.45. The van der Waals surface area contributed by atoms with Crippen LogP contribution >= 0.6 is 0 Å². The molecule has 2 aliphatic rings. The van der Waals surface area contributed by atoms with Gasteiger partial charge < -0.3 is 20.1 Å². The minimum absolute atomic E-state index is 0.0393. The van der Waals surface area contributed by atoms with Crippen molar-refractivity contribution in [3.63, 3.8) is 0 Å². The summed E-state index contributed by atoms with van der Waals surface area (Å²) in [6.07, 6.45) is 5.41. The number of carbonyl (C=O) groups excluding carboxylic acids is 2. The molecule has 1 atom stereocenters. The molecule has 1 saturated carbocycles. The molecular weight excluding hydrogens is 298 g/mol. The molecule has 23 heavy (non-hydrogen) atoms. The summed E-state index contributed by atoms with van der Waals surface area (Å²) < 4.78 is 5.29. The lowest BCUT2D eigenvalue weighted by Crippen LogP contribution is -2.41. The Morgan fingerprint density at radius 2 is 2.09 bits per heavy atom. The smallest absolute Gasteiger partial charge is 0.317 e. The minimum atomic E-state index is -0.162. The Labute approximate surface area is 135 Å². The average Bonchev–Trinajstić information content (AvgIpc) is 3.24. The number of amides is 3. The second kappa shape index (κ2) is 6.97. The van der Waals surface area contributed by atoms with Crippen molar-refractivity contribution in [1.29, 1.82) is 0 Å². The number of nitrogens with one attached hydrogen (secondary N) is 2. The highest BCUT2D eigenvalue weighted by molar-refractivity contribution is 5.75. The first kappa shape index (κ1) is 15.8. The molecule has 1 aliphatic carbocycles. The maximum Gasteiger partial charge on any atom is 0.317 e. The van der Waals surface area contributed by atoms with Crippen molar-refractivity contribution in [2.24, 2.45) is 0 Å². The van der Waals surface area contributed by atoms with E-state index in [2.05, 4.69) is 20.8 Å². The summed E-state index contributed by atoms with van der Waals surface area (Å²) in [4.78, 5) is 29.2. The first-order chi connectivity index (χ1) is 11.1. The molecule has 1 saturated heterocycles. The Morgan fingerprint density at radius 1 is 1.30 bits per heavy atom. The molecule has 3 amide bonds. The second-order valence-corrected chi connectivity index (χ2v) is 6.32. The third kappa shape index (κ3) is 4.00. The molecule has 1 aromatic rings. The normalized spacial score (nSPS) is 21.6. The molecule has 0 aromatic carbocycles. The van der Waals surface area contributed by atoms with Gasteiger partial charge in [-0.05, 0) is 19.3 Å². The van der Waals surface area contributed by atoms with Crippen LogP contribution in [0.3, 0.4) is 0 Å². The largest absolute Gasteiger partial charge is 0.352 e. The third-order valence-electron chi connectivity index (χ3n) is 4.47. The molecule has 1 aliphatic heterocycles. The summed E-state index contributed by atoms with van der Waals surface area (Å²) >= 11 is 0. The van der Waals surface area contributed by atoms with Crippen molar-refractivity contribution >= 4 is 11.9 Å². The molecule has 8 nitrogen and oxygen atoms in total. The van der Waals surface area contributed by atoms with Gasteiger partial charge in [-0.25, -0.2) is 4.79 Å². The van der Waals surface area contributed by atoms with Gasteiger partial charge in [0.25, 0.3) is 0 Å². The van der Waals surface area contributed by atoms with E-state index in [-0.39, 0.29) is 24.5 Å². The topological polar surface area (TPSA) is 100 Å². The molecule has 2 heterocycles. The summed E-state index contributed by atoms with van der Waals surface area (Å²) in [5.74, 6) is 1.52. The van der Waals surface area contributed by atoms with Gasteiger partial charge in [0.2, 0.25) is 11.8 Å². The van der Waals surface area contributed by atoms with Crippen LogP contribution in [-0.4, -0.2) is 46.1 Å². The van der Waals surface area contributed by atoms with Crippen molar-refractivity contribution in [2.75, 3.05) is 13.1 Å². The highest BCUT2D eigenvalue weighted by Crippen LogP contribution is 2.32. The summed E-state index contributed by atoms with van der Waals surface area (Å²) in [5.41, 5.74) is 0. The SMILES string of the molecule is CC(=O)N[C@H]1CCN(C(=O)NCc2noc(C3CCCC3)n2)C1. The summed E-state index contributed by atoms with van der Waals surface area (Å²) in [6, 6.07) is -0.123.